The number of carboxylic acids is 1. The van der Waals surface area contributed by atoms with E-state index >= 15 is 0 Å². The van der Waals surface area contributed by atoms with E-state index < -0.39 is 29.0 Å². The number of pyridine rings is 1. The van der Waals surface area contributed by atoms with Crippen molar-refractivity contribution < 1.29 is 18.7 Å². The summed E-state index contributed by atoms with van der Waals surface area (Å²) in [5.41, 5.74) is -2.62. The molecule has 1 rings (SSSR count). The van der Waals surface area contributed by atoms with Crippen LogP contribution in [0.15, 0.2) is 11.0 Å². The first-order chi connectivity index (χ1) is 6.45. The van der Waals surface area contributed by atoms with E-state index in [2.05, 4.69) is 4.98 Å². The molecule has 4 nitrogen and oxygen atoms in total. The highest BCUT2D eigenvalue weighted by atomic mass is 127. The lowest BCUT2D eigenvalue weighted by molar-refractivity contribution is 0.0694. The summed E-state index contributed by atoms with van der Waals surface area (Å²) < 4.78 is 24.6. The summed E-state index contributed by atoms with van der Waals surface area (Å²) in [4.78, 5) is 23.9. The average molecular weight is 315 g/mol. The number of alkyl halides is 2. The van der Waals surface area contributed by atoms with E-state index in [1.54, 1.807) is 0 Å². The SMILES string of the molecule is O=C(O)c1c[nH]c(I)c(C(F)F)c1=O. The number of H-pyrrole nitrogens is 1. The van der Waals surface area contributed by atoms with Crippen LogP contribution in [-0.2, 0) is 0 Å². The van der Waals surface area contributed by atoms with Crippen molar-refractivity contribution >= 4 is 28.6 Å². The lowest BCUT2D eigenvalue weighted by Gasteiger charge is -2.03. The number of hydrogen-bond donors (Lipinski definition) is 2. The van der Waals surface area contributed by atoms with E-state index in [1.165, 1.54) is 22.6 Å². The number of aromatic carboxylic acids is 1. The minimum Gasteiger partial charge on any atom is -0.477 e. The molecule has 0 aromatic carbocycles. The number of halogens is 3. The summed E-state index contributed by atoms with van der Waals surface area (Å²) in [7, 11) is 0. The molecular formula is C7H4F2INO3. The van der Waals surface area contributed by atoms with E-state index in [-0.39, 0.29) is 3.70 Å². The summed E-state index contributed by atoms with van der Waals surface area (Å²) in [6, 6.07) is 0. The fraction of sp³-hybridized carbons (Fsp3) is 0.143. The van der Waals surface area contributed by atoms with Gasteiger partial charge in [0.25, 0.3) is 6.43 Å². The summed E-state index contributed by atoms with van der Waals surface area (Å²) in [5.74, 6) is -1.52. The van der Waals surface area contributed by atoms with E-state index in [0.717, 1.165) is 6.20 Å². The van der Waals surface area contributed by atoms with Crippen LogP contribution in [0.25, 0.3) is 0 Å². The molecule has 76 valence electrons. The third-order valence-corrected chi connectivity index (χ3v) is 2.41. The fourth-order valence-corrected chi connectivity index (χ4v) is 1.51. The zero-order valence-corrected chi connectivity index (χ0v) is 8.71. The van der Waals surface area contributed by atoms with Gasteiger partial charge in [0.2, 0.25) is 5.43 Å². The van der Waals surface area contributed by atoms with Crippen molar-refractivity contribution in [3.8, 4) is 0 Å². The molecule has 0 fully saturated rings. The Bertz CT molecular complexity index is 429. The van der Waals surface area contributed by atoms with Gasteiger partial charge in [0, 0.05) is 6.20 Å². The maximum Gasteiger partial charge on any atom is 0.341 e. The molecule has 0 saturated heterocycles. The van der Waals surface area contributed by atoms with E-state index in [0.29, 0.717) is 0 Å². The Morgan fingerprint density at radius 2 is 2.14 bits per heavy atom. The normalized spacial score (nSPS) is 10.6. The van der Waals surface area contributed by atoms with E-state index in [1.807, 2.05) is 0 Å². The van der Waals surface area contributed by atoms with E-state index in [9.17, 15) is 18.4 Å². The molecule has 0 aliphatic rings. The zero-order chi connectivity index (χ0) is 10.9. The molecule has 1 aromatic heterocycles. The van der Waals surface area contributed by atoms with Gasteiger partial charge in [-0.05, 0) is 22.6 Å². The Morgan fingerprint density at radius 1 is 1.57 bits per heavy atom. The molecule has 0 radical (unpaired) electrons. The fourth-order valence-electron chi connectivity index (χ4n) is 0.877. The molecule has 0 saturated carbocycles. The second-order valence-corrected chi connectivity index (χ2v) is 3.44. The maximum atomic E-state index is 12.3. The van der Waals surface area contributed by atoms with Crippen molar-refractivity contribution in [2.45, 2.75) is 6.43 Å². The van der Waals surface area contributed by atoms with Gasteiger partial charge in [-0.25, -0.2) is 13.6 Å². The molecule has 0 spiro atoms. The molecular weight excluding hydrogens is 311 g/mol. The number of nitrogens with one attached hydrogen (secondary N) is 1. The van der Waals surface area contributed by atoms with Gasteiger partial charge in [0.15, 0.2) is 0 Å². The second kappa shape index (κ2) is 4.03. The number of carboxylic acid groups (broad SMARTS) is 1. The third kappa shape index (κ3) is 1.91. The van der Waals surface area contributed by atoms with Gasteiger partial charge in [-0.1, -0.05) is 0 Å². The van der Waals surface area contributed by atoms with Gasteiger partial charge in [-0.15, -0.1) is 0 Å². The quantitative estimate of drug-likeness (QED) is 0.643. The predicted octanol–water partition coefficient (Wildman–Crippen LogP) is 1.62. The number of hydrogen-bond acceptors (Lipinski definition) is 2. The largest absolute Gasteiger partial charge is 0.477 e. The minimum atomic E-state index is -2.98. The molecule has 1 aromatic rings. The van der Waals surface area contributed by atoms with Crippen molar-refractivity contribution in [2.24, 2.45) is 0 Å². The van der Waals surface area contributed by atoms with Crippen molar-refractivity contribution in [3.05, 3.63) is 31.2 Å². The Labute approximate surface area is 90.1 Å². The Kier molecular flexibility index (Phi) is 3.19. The number of aromatic amines is 1. The molecule has 1 heterocycles. The molecule has 14 heavy (non-hydrogen) atoms. The minimum absolute atomic E-state index is 0.0485. The Balaban J connectivity index is 3.50. The Hall–Kier alpha value is -0.990. The van der Waals surface area contributed by atoms with Gasteiger partial charge in [0.1, 0.15) is 5.56 Å². The molecule has 0 aliphatic carbocycles. The summed E-state index contributed by atoms with van der Waals surface area (Å²) in [6.45, 7) is 0. The van der Waals surface area contributed by atoms with Gasteiger partial charge >= 0.3 is 5.97 Å². The van der Waals surface area contributed by atoms with Crippen LogP contribution in [-0.4, -0.2) is 16.1 Å². The van der Waals surface area contributed by atoms with Gasteiger partial charge in [-0.3, -0.25) is 4.79 Å². The monoisotopic (exact) mass is 315 g/mol. The zero-order valence-electron chi connectivity index (χ0n) is 6.55. The second-order valence-electron chi connectivity index (χ2n) is 2.36. The smallest absolute Gasteiger partial charge is 0.341 e. The van der Waals surface area contributed by atoms with Crippen LogP contribution in [0.4, 0.5) is 8.78 Å². The molecule has 0 aliphatic heterocycles. The lowest BCUT2D eigenvalue weighted by Crippen LogP contribution is -2.21. The molecule has 0 bridgehead atoms. The summed E-state index contributed by atoms with van der Waals surface area (Å²) >= 11 is 1.51. The first-order valence-corrected chi connectivity index (χ1v) is 4.45. The first-order valence-electron chi connectivity index (χ1n) is 3.37. The van der Waals surface area contributed by atoms with E-state index in [4.69, 9.17) is 5.11 Å². The number of carbonyl (C=O) groups is 1. The number of rotatable bonds is 2. The van der Waals surface area contributed by atoms with Crippen molar-refractivity contribution in [1.29, 1.82) is 0 Å². The standard InChI is InChI=1S/C7H4F2INO3/c8-5(9)3-4(12)2(7(13)14)1-11-6(3)10/h1,5H,(H,11,12)(H,13,14). The van der Waals surface area contributed by atoms with Gasteiger partial charge in [0.05, 0.1) is 9.26 Å². The highest BCUT2D eigenvalue weighted by Crippen LogP contribution is 2.19. The molecule has 0 atom stereocenters. The highest BCUT2D eigenvalue weighted by Gasteiger charge is 2.21. The van der Waals surface area contributed by atoms with Crippen LogP contribution >= 0.6 is 22.6 Å². The van der Waals surface area contributed by atoms with Crippen LogP contribution < -0.4 is 5.43 Å². The van der Waals surface area contributed by atoms with Crippen LogP contribution in [0.2, 0.25) is 0 Å². The first kappa shape index (κ1) is 11.1. The van der Waals surface area contributed by atoms with Gasteiger partial charge in [-0.2, -0.15) is 0 Å². The van der Waals surface area contributed by atoms with Crippen LogP contribution in [0.3, 0.4) is 0 Å². The van der Waals surface area contributed by atoms with Crippen molar-refractivity contribution in [3.63, 3.8) is 0 Å². The molecule has 0 unspecified atom stereocenters. The topological polar surface area (TPSA) is 70.2 Å². The number of aromatic nitrogens is 1. The maximum absolute atomic E-state index is 12.3. The van der Waals surface area contributed by atoms with Crippen LogP contribution in [0.5, 0.6) is 0 Å². The summed E-state index contributed by atoms with van der Waals surface area (Å²) in [6.07, 6.45) is -2.08. The molecule has 0 amide bonds. The predicted molar refractivity (Wildman–Crippen MR) is 51.7 cm³/mol. The third-order valence-electron chi connectivity index (χ3n) is 1.52. The lowest BCUT2D eigenvalue weighted by atomic mass is 10.2. The molecule has 2 N–H and O–H groups in total. The Morgan fingerprint density at radius 3 is 2.57 bits per heavy atom. The van der Waals surface area contributed by atoms with Crippen molar-refractivity contribution in [2.75, 3.05) is 0 Å². The summed E-state index contributed by atoms with van der Waals surface area (Å²) in [5, 5.41) is 8.50. The van der Waals surface area contributed by atoms with Gasteiger partial charge < -0.3 is 10.1 Å². The highest BCUT2D eigenvalue weighted by molar-refractivity contribution is 14.1. The average Bonchev–Trinajstić information content (AvgIpc) is 2.02. The van der Waals surface area contributed by atoms with Crippen LogP contribution in [0.1, 0.15) is 22.3 Å². The van der Waals surface area contributed by atoms with Crippen LogP contribution in [0, 0.1) is 3.70 Å². The molecule has 7 heteroatoms. The van der Waals surface area contributed by atoms with Crippen molar-refractivity contribution in [1.82, 2.24) is 4.98 Å².